The first-order valence-electron chi connectivity index (χ1n) is 10.7. The topological polar surface area (TPSA) is 72.3 Å². The number of anilines is 1. The van der Waals surface area contributed by atoms with E-state index in [1.807, 2.05) is 53.2 Å². The Morgan fingerprint density at radius 3 is 2.56 bits per heavy atom. The van der Waals surface area contributed by atoms with Crippen molar-refractivity contribution in [2.24, 2.45) is 0 Å². The Labute approximate surface area is 193 Å². The van der Waals surface area contributed by atoms with Gasteiger partial charge < -0.3 is 4.90 Å². The molecule has 6 nitrogen and oxygen atoms in total. The number of rotatable bonds is 7. The molecule has 0 N–H and O–H groups in total. The number of nitrogens with zero attached hydrogens (tertiary/aromatic N) is 3. The van der Waals surface area contributed by atoms with E-state index < -0.39 is 9.84 Å². The van der Waals surface area contributed by atoms with Crippen LogP contribution in [0.2, 0.25) is 0 Å². The van der Waals surface area contributed by atoms with E-state index in [-0.39, 0.29) is 29.2 Å². The van der Waals surface area contributed by atoms with Crippen LogP contribution in [0, 0.1) is 0 Å². The minimum atomic E-state index is -3.11. The summed E-state index contributed by atoms with van der Waals surface area (Å²) in [6.45, 7) is 4.30. The molecule has 32 heavy (non-hydrogen) atoms. The number of carbonyl (C=O) groups excluding carboxylic acids is 1. The fourth-order valence-electron chi connectivity index (χ4n) is 4.10. The third-order valence-corrected chi connectivity index (χ3v) is 8.33. The van der Waals surface area contributed by atoms with Gasteiger partial charge in [-0.05, 0) is 36.1 Å². The number of benzene rings is 2. The predicted octanol–water partition coefficient (Wildman–Crippen LogP) is 4.31. The lowest BCUT2D eigenvalue weighted by atomic mass is 10.0. The first-order chi connectivity index (χ1) is 15.4. The average Bonchev–Trinajstić information content (AvgIpc) is 3.39. The van der Waals surface area contributed by atoms with Crippen molar-refractivity contribution in [3.63, 3.8) is 0 Å². The Bertz CT molecular complexity index is 1190. The monoisotopic (exact) mass is 469 g/mol. The molecule has 0 radical (unpaired) electrons. The Kier molecular flexibility index (Phi) is 6.71. The highest BCUT2D eigenvalue weighted by Gasteiger charge is 2.35. The van der Waals surface area contributed by atoms with Crippen LogP contribution in [0.1, 0.15) is 31.7 Å². The normalized spacial score (nSPS) is 17.5. The van der Waals surface area contributed by atoms with E-state index in [1.54, 1.807) is 11.1 Å². The summed E-state index contributed by atoms with van der Waals surface area (Å²) in [5, 5.41) is 0.735. The van der Waals surface area contributed by atoms with Crippen LogP contribution in [0.4, 0.5) is 5.69 Å². The second kappa shape index (κ2) is 9.50. The molecule has 3 aromatic rings. The maximum atomic E-state index is 13.3. The molecule has 8 heteroatoms. The van der Waals surface area contributed by atoms with Crippen LogP contribution >= 0.6 is 11.8 Å². The van der Waals surface area contributed by atoms with Gasteiger partial charge in [-0.2, -0.15) is 0 Å². The zero-order valence-corrected chi connectivity index (χ0v) is 19.8. The largest absolute Gasteiger partial charge is 0.308 e. The Morgan fingerprint density at radius 1 is 1.16 bits per heavy atom. The highest BCUT2D eigenvalue weighted by molar-refractivity contribution is 7.99. The van der Waals surface area contributed by atoms with Crippen LogP contribution in [-0.2, 0) is 14.6 Å². The molecule has 0 aliphatic carbocycles. The third kappa shape index (κ3) is 4.91. The number of para-hydroxylation sites is 2. The molecule has 1 fully saturated rings. The molecule has 2 aromatic carbocycles. The summed E-state index contributed by atoms with van der Waals surface area (Å²) in [5.41, 5.74) is 2.99. The second-order valence-corrected chi connectivity index (χ2v) is 11.4. The Morgan fingerprint density at radius 2 is 1.88 bits per heavy atom. The van der Waals surface area contributed by atoms with Gasteiger partial charge in [0.25, 0.3) is 0 Å². The van der Waals surface area contributed by atoms with Gasteiger partial charge in [0.15, 0.2) is 15.0 Å². The summed E-state index contributed by atoms with van der Waals surface area (Å²) in [5.74, 6) is 0.541. The summed E-state index contributed by atoms with van der Waals surface area (Å²) in [7, 11) is -3.11. The van der Waals surface area contributed by atoms with Gasteiger partial charge in [0.05, 0.1) is 29.0 Å². The average molecular weight is 470 g/mol. The van der Waals surface area contributed by atoms with E-state index in [9.17, 15) is 13.2 Å². The van der Waals surface area contributed by atoms with Gasteiger partial charge in [0.1, 0.15) is 0 Å². The third-order valence-electron chi connectivity index (χ3n) is 5.63. The number of amides is 1. The van der Waals surface area contributed by atoms with Gasteiger partial charge in [-0.1, -0.05) is 62.0 Å². The maximum absolute atomic E-state index is 13.3. The van der Waals surface area contributed by atoms with Gasteiger partial charge in [0, 0.05) is 18.1 Å². The van der Waals surface area contributed by atoms with E-state index in [1.165, 1.54) is 17.3 Å². The van der Waals surface area contributed by atoms with Gasteiger partial charge in [-0.25, -0.2) is 13.4 Å². The van der Waals surface area contributed by atoms with Crippen LogP contribution in [-0.4, -0.2) is 47.2 Å². The van der Waals surface area contributed by atoms with Crippen molar-refractivity contribution in [3.8, 4) is 5.69 Å². The van der Waals surface area contributed by atoms with Crippen molar-refractivity contribution in [1.82, 2.24) is 9.55 Å². The summed E-state index contributed by atoms with van der Waals surface area (Å²) in [4.78, 5) is 19.5. The van der Waals surface area contributed by atoms with E-state index in [0.29, 0.717) is 12.3 Å². The van der Waals surface area contributed by atoms with Crippen LogP contribution in [0.3, 0.4) is 0 Å². The number of hydrogen-bond donors (Lipinski definition) is 0. The summed E-state index contributed by atoms with van der Waals surface area (Å²) in [6, 6.07) is 17.2. The molecule has 2 heterocycles. The predicted molar refractivity (Wildman–Crippen MR) is 129 cm³/mol. The van der Waals surface area contributed by atoms with Crippen LogP contribution in [0.5, 0.6) is 0 Å². The Hall–Kier alpha value is -2.58. The molecule has 1 aromatic heterocycles. The molecule has 1 atom stereocenters. The van der Waals surface area contributed by atoms with Crippen LogP contribution in [0.15, 0.2) is 72.1 Å². The molecule has 0 unspecified atom stereocenters. The van der Waals surface area contributed by atoms with Crippen molar-refractivity contribution in [3.05, 3.63) is 72.6 Å². The fraction of sp³-hybridized carbons (Fsp3) is 0.333. The quantitative estimate of drug-likeness (QED) is 0.482. The number of aromatic nitrogens is 2. The highest BCUT2D eigenvalue weighted by atomic mass is 32.2. The molecule has 1 aliphatic heterocycles. The van der Waals surface area contributed by atoms with Gasteiger partial charge >= 0.3 is 0 Å². The van der Waals surface area contributed by atoms with Crippen LogP contribution in [0.25, 0.3) is 5.69 Å². The summed E-state index contributed by atoms with van der Waals surface area (Å²) in [6.07, 6.45) is 4.11. The second-order valence-electron chi connectivity index (χ2n) is 8.24. The minimum absolute atomic E-state index is 0.00862. The number of carbonyl (C=O) groups is 1. The first-order valence-corrected chi connectivity index (χ1v) is 13.5. The van der Waals surface area contributed by atoms with Crippen molar-refractivity contribution in [1.29, 1.82) is 0 Å². The highest BCUT2D eigenvalue weighted by Crippen LogP contribution is 2.29. The van der Waals surface area contributed by atoms with E-state index in [0.717, 1.165) is 16.5 Å². The van der Waals surface area contributed by atoms with Crippen molar-refractivity contribution in [2.75, 3.05) is 22.2 Å². The molecule has 1 saturated heterocycles. The SMILES string of the molecule is CC(C)c1ccccc1-n1ccnc1SCC(=O)N(c1ccccc1)[C@@H]1CCS(=O)(=O)C1. The van der Waals surface area contributed by atoms with E-state index in [4.69, 9.17) is 0 Å². The summed E-state index contributed by atoms with van der Waals surface area (Å²) >= 11 is 1.37. The molecule has 0 bridgehead atoms. The van der Waals surface area contributed by atoms with E-state index in [2.05, 4.69) is 31.0 Å². The molecular weight excluding hydrogens is 442 g/mol. The zero-order valence-electron chi connectivity index (χ0n) is 18.2. The van der Waals surface area contributed by atoms with Gasteiger partial charge in [0.2, 0.25) is 5.91 Å². The van der Waals surface area contributed by atoms with Crippen molar-refractivity contribution < 1.29 is 13.2 Å². The van der Waals surface area contributed by atoms with Gasteiger partial charge in [-0.15, -0.1) is 0 Å². The standard InChI is InChI=1S/C24H27N3O3S2/c1-18(2)21-10-6-7-11-22(21)26-14-13-25-24(26)31-16-23(28)27(19-8-4-3-5-9-19)20-12-15-32(29,30)17-20/h3-11,13-14,18,20H,12,15-17H2,1-2H3/t20-/m1/s1. The maximum Gasteiger partial charge on any atom is 0.237 e. The lowest BCUT2D eigenvalue weighted by Gasteiger charge is -2.28. The molecule has 168 valence electrons. The van der Waals surface area contributed by atoms with Crippen molar-refractivity contribution in [2.45, 2.75) is 37.4 Å². The number of sulfone groups is 1. The number of thioether (sulfide) groups is 1. The lowest BCUT2D eigenvalue weighted by molar-refractivity contribution is -0.116. The summed E-state index contributed by atoms with van der Waals surface area (Å²) < 4.78 is 26.2. The Balaban J connectivity index is 1.56. The minimum Gasteiger partial charge on any atom is -0.308 e. The van der Waals surface area contributed by atoms with Crippen LogP contribution < -0.4 is 4.90 Å². The zero-order chi connectivity index (χ0) is 22.7. The fourth-order valence-corrected chi connectivity index (χ4v) is 6.62. The van der Waals surface area contributed by atoms with Gasteiger partial charge in [-0.3, -0.25) is 9.36 Å². The molecule has 1 aliphatic rings. The van der Waals surface area contributed by atoms with E-state index >= 15 is 0 Å². The smallest absolute Gasteiger partial charge is 0.237 e. The lowest BCUT2D eigenvalue weighted by Crippen LogP contribution is -2.42. The number of hydrogen-bond acceptors (Lipinski definition) is 5. The molecule has 0 spiro atoms. The van der Waals surface area contributed by atoms with Crippen molar-refractivity contribution >= 4 is 33.2 Å². The number of imidazole rings is 1. The molecular formula is C24H27N3O3S2. The molecule has 0 saturated carbocycles. The first kappa shape index (κ1) is 22.6. The molecule has 1 amide bonds. The molecule has 4 rings (SSSR count).